The molecular formula is C29H29N5O3S. The second kappa shape index (κ2) is 10.4. The number of carbonyl (C=O) groups excluding carboxylic acids is 1. The minimum absolute atomic E-state index is 0.0766. The van der Waals surface area contributed by atoms with Crippen molar-refractivity contribution in [2.45, 2.75) is 25.8 Å². The fourth-order valence-corrected chi connectivity index (χ4v) is 6.07. The van der Waals surface area contributed by atoms with E-state index in [1.807, 2.05) is 35.6 Å². The molecule has 1 amide bonds. The number of ether oxygens (including phenoxy) is 2. The van der Waals surface area contributed by atoms with Crippen molar-refractivity contribution in [1.29, 1.82) is 0 Å². The number of anilines is 3. The molecule has 8 nitrogen and oxygen atoms in total. The summed E-state index contributed by atoms with van der Waals surface area (Å²) < 4.78 is 10.7. The van der Waals surface area contributed by atoms with Crippen LogP contribution < -0.4 is 20.1 Å². The van der Waals surface area contributed by atoms with Crippen LogP contribution in [0.1, 0.15) is 23.3 Å². The van der Waals surface area contributed by atoms with E-state index in [0.29, 0.717) is 17.4 Å². The fraction of sp³-hybridized carbons (Fsp3) is 0.276. The van der Waals surface area contributed by atoms with Crippen LogP contribution in [0.3, 0.4) is 0 Å². The Morgan fingerprint density at radius 3 is 2.68 bits per heavy atom. The van der Waals surface area contributed by atoms with Crippen molar-refractivity contribution in [1.82, 2.24) is 14.9 Å². The average Bonchev–Trinajstić information content (AvgIpc) is 3.59. The summed E-state index contributed by atoms with van der Waals surface area (Å²) in [7, 11) is 3.20. The van der Waals surface area contributed by atoms with Gasteiger partial charge in [0.05, 0.1) is 32.0 Å². The van der Waals surface area contributed by atoms with Gasteiger partial charge in [-0.2, -0.15) is 0 Å². The standard InChI is InChI=1S/C29H29N5O3S/c1-36-24-9-6-20(15-25(24)37-2)31-29-30-16-19-14-27(35)32-23-13-18(5-8-22(23)28(19)33-29)26-10-7-21(38-26)17-34-11-3-4-12-34/h5-10,13,15-16H,3-4,11-12,14,17H2,1-2H3,(H,32,35)(H,30,31,33). The molecule has 2 aromatic carbocycles. The van der Waals surface area contributed by atoms with Crippen molar-refractivity contribution in [2.24, 2.45) is 0 Å². The van der Waals surface area contributed by atoms with Gasteiger partial charge in [0.2, 0.25) is 11.9 Å². The van der Waals surface area contributed by atoms with Crippen molar-refractivity contribution >= 4 is 34.6 Å². The molecule has 38 heavy (non-hydrogen) atoms. The Bertz CT molecular complexity index is 1500. The largest absolute Gasteiger partial charge is 0.493 e. The average molecular weight is 528 g/mol. The Morgan fingerprint density at radius 1 is 1.03 bits per heavy atom. The molecule has 0 aliphatic carbocycles. The number of aromatic nitrogens is 2. The number of hydrogen-bond acceptors (Lipinski definition) is 8. The van der Waals surface area contributed by atoms with Gasteiger partial charge in [0, 0.05) is 45.4 Å². The number of likely N-dealkylation sites (tertiary alicyclic amines) is 1. The summed E-state index contributed by atoms with van der Waals surface area (Å²) in [5.41, 5.74) is 5.02. The van der Waals surface area contributed by atoms with Gasteiger partial charge in [-0.25, -0.2) is 9.97 Å². The summed E-state index contributed by atoms with van der Waals surface area (Å²) >= 11 is 1.82. The number of benzene rings is 2. The monoisotopic (exact) mass is 527 g/mol. The van der Waals surface area contributed by atoms with E-state index < -0.39 is 0 Å². The van der Waals surface area contributed by atoms with E-state index in [-0.39, 0.29) is 12.3 Å². The molecule has 4 aromatic rings. The first-order chi connectivity index (χ1) is 18.6. The lowest BCUT2D eigenvalue weighted by Gasteiger charge is -2.13. The van der Waals surface area contributed by atoms with Crippen LogP contribution in [-0.2, 0) is 17.8 Å². The number of nitrogens with one attached hydrogen (secondary N) is 2. The van der Waals surface area contributed by atoms with E-state index in [2.05, 4.69) is 44.8 Å². The molecule has 2 aliphatic rings. The molecule has 0 saturated carbocycles. The quantitative estimate of drug-likeness (QED) is 0.318. The first-order valence-electron chi connectivity index (χ1n) is 12.7. The third-order valence-electron chi connectivity index (χ3n) is 6.93. The highest BCUT2D eigenvalue weighted by molar-refractivity contribution is 7.15. The van der Waals surface area contributed by atoms with Gasteiger partial charge < -0.3 is 20.1 Å². The van der Waals surface area contributed by atoms with Crippen LogP contribution in [0.2, 0.25) is 0 Å². The molecule has 9 heteroatoms. The van der Waals surface area contributed by atoms with Gasteiger partial charge in [0.1, 0.15) is 0 Å². The van der Waals surface area contributed by atoms with E-state index in [1.54, 1.807) is 20.4 Å². The van der Waals surface area contributed by atoms with Crippen LogP contribution in [0.15, 0.2) is 54.7 Å². The zero-order chi connectivity index (χ0) is 26.1. The predicted octanol–water partition coefficient (Wildman–Crippen LogP) is 5.72. The summed E-state index contributed by atoms with van der Waals surface area (Å²) in [5.74, 6) is 1.61. The molecule has 0 spiro atoms. The Labute approximate surface area is 225 Å². The molecule has 0 unspecified atom stereocenters. The van der Waals surface area contributed by atoms with Gasteiger partial charge in [-0.1, -0.05) is 12.1 Å². The molecule has 194 valence electrons. The normalized spacial score (nSPS) is 14.8. The Hall–Kier alpha value is -3.95. The lowest BCUT2D eigenvalue weighted by molar-refractivity contribution is -0.115. The van der Waals surface area contributed by atoms with Crippen molar-refractivity contribution in [3.05, 3.63) is 65.2 Å². The van der Waals surface area contributed by atoms with E-state index >= 15 is 0 Å². The summed E-state index contributed by atoms with van der Waals surface area (Å²) in [6, 6.07) is 16.1. The lowest BCUT2D eigenvalue weighted by atomic mass is 10.0. The molecule has 2 aromatic heterocycles. The molecule has 4 heterocycles. The van der Waals surface area contributed by atoms with E-state index in [0.717, 1.165) is 40.3 Å². The zero-order valence-corrected chi connectivity index (χ0v) is 22.2. The van der Waals surface area contributed by atoms with Crippen molar-refractivity contribution < 1.29 is 14.3 Å². The highest BCUT2D eigenvalue weighted by atomic mass is 32.1. The van der Waals surface area contributed by atoms with Crippen LogP contribution in [0.25, 0.3) is 21.7 Å². The number of hydrogen-bond donors (Lipinski definition) is 2. The van der Waals surface area contributed by atoms with Crippen LogP contribution in [-0.4, -0.2) is 48.1 Å². The first-order valence-corrected chi connectivity index (χ1v) is 13.5. The summed E-state index contributed by atoms with van der Waals surface area (Å²) in [6.07, 6.45) is 4.52. The maximum Gasteiger partial charge on any atom is 0.228 e. The third-order valence-corrected chi connectivity index (χ3v) is 8.05. The number of rotatable bonds is 7. The molecular weight excluding hydrogens is 498 g/mol. The molecule has 0 atom stereocenters. The second-order valence-corrected chi connectivity index (χ2v) is 10.7. The Kier molecular flexibility index (Phi) is 6.70. The van der Waals surface area contributed by atoms with Gasteiger partial charge in [0.25, 0.3) is 0 Å². The van der Waals surface area contributed by atoms with Crippen molar-refractivity contribution in [3.63, 3.8) is 0 Å². The number of amides is 1. The molecule has 0 radical (unpaired) electrons. The molecule has 6 rings (SSSR count). The van der Waals surface area contributed by atoms with Crippen LogP contribution in [0.4, 0.5) is 17.3 Å². The number of fused-ring (bicyclic) bond motifs is 3. The van der Waals surface area contributed by atoms with Crippen LogP contribution in [0.5, 0.6) is 11.5 Å². The highest BCUT2D eigenvalue weighted by Gasteiger charge is 2.22. The minimum atomic E-state index is -0.0766. The minimum Gasteiger partial charge on any atom is -0.493 e. The summed E-state index contributed by atoms with van der Waals surface area (Å²) in [5, 5.41) is 6.33. The van der Waals surface area contributed by atoms with E-state index in [9.17, 15) is 4.79 Å². The summed E-state index contributed by atoms with van der Waals surface area (Å²) in [6.45, 7) is 3.37. The Balaban J connectivity index is 1.30. The number of nitrogens with zero attached hydrogens (tertiary/aromatic N) is 3. The zero-order valence-electron chi connectivity index (χ0n) is 21.4. The third kappa shape index (κ3) is 4.94. The number of thiophene rings is 1. The maximum absolute atomic E-state index is 12.7. The van der Waals surface area contributed by atoms with Crippen molar-refractivity contribution in [2.75, 3.05) is 37.9 Å². The SMILES string of the molecule is COc1ccc(Nc2ncc3c(n2)-c2ccc(-c4ccc(CN5CCCC5)s4)cc2NC(=O)C3)cc1OC. The Morgan fingerprint density at radius 2 is 1.87 bits per heavy atom. The molecule has 1 saturated heterocycles. The summed E-state index contributed by atoms with van der Waals surface area (Å²) in [4.78, 5) is 27.1. The van der Waals surface area contributed by atoms with Crippen molar-refractivity contribution in [3.8, 4) is 33.2 Å². The number of carbonyl (C=O) groups is 1. The van der Waals surface area contributed by atoms with Crippen LogP contribution in [0, 0.1) is 0 Å². The van der Waals surface area contributed by atoms with Gasteiger partial charge in [-0.3, -0.25) is 9.69 Å². The second-order valence-electron chi connectivity index (χ2n) is 9.50. The van der Waals surface area contributed by atoms with Gasteiger partial charge >= 0.3 is 0 Å². The van der Waals surface area contributed by atoms with E-state index in [4.69, 9.17) is 14.5 Å². The van der Waals surface area contributed by atoms with Gasteiger partial charge in [-0.15, -0.1) is 11.3 Å². The topological polar surface area (TPSA) is 88.6 Å². The van der Waals surface area contributed by atoms with Gasteiger partial charge in [0.15, 0.2) is 11.5 Å². The van der Waals surface area contributed by atoms with E-state index in [1.165, 1.54) is 35.7 Å². The lowest BCUT2D eigenvalue weighted by Crippen LogP contribution is -2.17. The van der Waals surface area contributed by atoms with Crippen LogP contribution >= 0.6 is 11.3 Å². The molecule has 2 N–H and O–H groups in total. The first kappa shape index (κ1) is 24.4. The number of methoxy groups -OCH3 is 2. The molecule has 0 bridgehead atoms. The molecule has 1 fully saturated rings. The highest BCUT2D eigenvalue weighted by Crippen LogP contribution is 2.38. The maximum atomic E-state index is 12.7. The fourth-order valence-electron chi connectivity index (χ4n) is 5.03. The smallest absolute Gasteiger partial charge is 0.228 e. The predicted molar refractivity (Wildman–Crippen MR) is 150 cm³/mol. The van der Waals surface area contributed by atoms with Gasteiger partial charge in [-0.05, 0) is 61.8 Å². The molecule has 2 aliphatic heterocycles.